The van der Waals surface area contributed by atoms with Crippen molar-refractivity contribution in [2.45, 2.75) is 23.8 Å². The van der Waals surface area contributed by atoms with Gasteiger partial charge in [-0.2, -0.15) is 4.31 Å². The molecule has 0 bridgehead atoms. The summed E-state index contributed by atoms with van der Waals surface area (Å²) in [5.74, 6) is 0.0689. The second-order valence-corrected chi connectivity index (χ2v) is 7.61. The molecule has 1 saturated heterocycles. The minimum atomic E-state index is -3.64. The van der Waals surface area contributed by atoms with Gasteiger partial charge in [-0.05, 0) is 37.1 Å². The van der Waals surface area contributed by atoms with Crippen LogP contribution in [0.5, 0.6) is 11.5 Å². The average Bonchev–Trinajstić information content (AvgIpc) is 3.10. The maximum absolute atomic E-state index is 12.8. The molecule has 1 N–H and O–H groups in total. The number of sulfonamides is 1. The molecule has 0 aliphatic carbocycles. The van der Waals surface area contributed by atoms with Gasteiger partial charge in [-0.15, -0.1) is 0 Å². The van der Waals surface area contributed by atoms with E-state index in [1.165, 1.54) is 28.8 Å². The minimum absolute atomic E-state index is 0.0576. The van der Waals surface area contributed by atoms with Crippen LogP contribution in [0.3, 0.4) is 0 Å². The number of nitrogens with zero attached hydrogens (tertiary/aromatic N) is 2. The number of hydrogen-bond donors (Lipinski definition) is 1. The summed E-state index contributed by atoms with van der Waals surface area (Å²) >= 11 is 0. The Balaban J connectivity index is 1.77. The van der Waals surface area contributed by atoms with Crippen LogP contribution < -0.4 is 4.74 Å². The number of rotatable bonds is 6. The van der Waals surface area contributed by atoms with Crippen molar-refractivity contribution < 1.29 is 23.1 Å². The SMILES string of the molecule is O=Cc1c(O)cccc1OCC1CCCN1S(=O)(=O)c1cccnc1. The standard InChI is InChI=1S/C17H18N2O5S/c20-11-15-16(21)6-1-7-17(15)24-12-13-4-3-9-19(13)25(22,23)14-5-2-8-18-10-14/h1-2,5-8,10-11,13,21H,3-4,9,12H2. The van der Waals surface area contributed by atoms with Crippen molar-refractivity contribution in [3.05, 3.63) is 48.3 Å². The van der Waals surface area contributed by atoms with Crippen molar-refractivity contribution in [3.63, 3.8) is 0 Å². The van der Waals surface area contributed by atoms with E-state index in [0.717, 1.165) is 6.42 Å². The molecule has 1 aliphatic heterocycles. The lowest BCUT2D eigenvalue weighted by Gasteiger charge is -2.24. The topological polar surface area (TPSA) is 96.8 Å². The van der Waals surface area contributed by atoms with Crippen molar-refractivity contribution >= 4 is 16.3 Å². The zero-order chi connectivity index (χ0) is 17.9. The van der Waals surface area contributed by atoms with E-state index in [1.807, 2.05) is 0 Å². The van der Waals surface area contributed by atoms with Crippen molar-refractivity contribution in [2.24, 2.45) is 0 Å². The van der Waals surface area contributed by atoms with E-state index < -0.39 is 10.0 Å². The van der Waals surface area contributed by atoms with Crippen molar-refractivity contribution in [1.29, 1.82) is 0 Å². The molecular formula is C17H18N2O5S. The minimum Gasteiger partial charge on any atom is -0.507 e. The van der Waals surface area contributed by atoms with Crippen LogP contribution in [-0.4, -0.2) is 48.3 Å². The van der Waals surface area contributed by atoms with Gasteiger partial charge >= 0.3 is 0 Å². The molecule has 2 heterocycles. The van der Waals surface area contributed by atoms with E-state index in [1.54, 1.807) is 18.2 Å². The van der Waals surface area contributed by atoms with Gasteiger partial charge in [-0.25, -0.2) is 8.42 Å². The number of pyridine rings is 1. The molecule has 1 aliphatic rings. The lowest BCUT2D eigenvalue weighted by molar-refractivity contribution is 0.111. The van der Waals surface area contributed by atoms with E-state index in [2.05, 4.69) is 4.98 Å². The quantitative estimate of drug-likeness (QED) is 0.788. The first-order valence-electron chi connectivity index (χ1n) is 7.86. The summed E-state index contributed by atoms with van der Waals surface area (Å²) in [7, 11) is -3.64. The number of hydrogen-bond acceptors (Lipinski definition) is 6. The highest BCUT2D eigenvalue weighted by atomic mass is 32.2. The second-order valence-electron chi connectivity index (χ2n) is 5.72. The van der Waals surface area contributed by atoms with Crippen LogP contribution in [0.1, 0.15) is 23.2 Å². The molecule has 25 heavy (non-hydrogen) atoms. The number of phenols is 1. The van der Waals surface area contributed by atoms with E-state index >= 15 is 0 Å². The van der Waals surface area contributed by atoms with Gasteiger partial charge in [0, 0.05) is 18.9 Å². The predicted octanol–water partition coefficient (Wildman–Crippen LogP) is 1.83. The Morgan fingerprint density at radius 2 is 2.16 bits per heavy atom. The van der Waals surface area contributed by atoms with E-state index in [4.69, 9.17) is 4.74 Å². The zero-order valence-corrected chi connectivity index (χ0v) is 14.2. The van der Waals surface area contributed by atoms with Gasteiger partial charge in [0.25, 0.3) is 0 Å². The van der Waals surface area contributed by atoms with Crippen LogP contribution in [0.2, 0.25) is 0 Å². The van der Waals surface area contributed by atoms with Crippen LogP contribution >= 0.6 is 0 Å². The first kappa shape index (κ1) is 17.4. The van der Waals surface area contributed by atoms with Crippen LogP contribution in [0, 0.1) is 0 Å². The van der Waals surface area contributed by atoms with E-state index in [9.17, 15) is 18.3 Å². The first-order chi connectivity index (χ1) is 12.0. The van der Waals surface area contributed by atoms with E-state index in [0.29, 0.717) is 19.3 Å². The van der Waals surface area contributed by atoms with Crippen LogP contribution in [0.15, 0.2) is 47.6 Å². The molecule has 8 heteroatoms. The number of carbonyl (C=O) groups excluding carboxylic acids is 1. The predicted molar refractivity (Wildman–Crippen MR) is 90.1 cm³/mol. The number of aromatic hydroxyl groups is 1. The van der Waals surface area contributed by atoms with Crippen LogP contribution in [-0.2, 0) is 10.0 Å². The Hall–Kier alpha value is -2.45. The Kier molecular flexibility index (Phi) is 5.00. The fraction of sp³-hybridized carbons (Fsp3) is 0.294. The summed E-state index contributed by atoms with van der Waals surface area (Å²) in [5.41, 5.74) is 0.0576. The van der Waals surface area contributed by atoms with Gasteiger partial charge in [0.05, 0.1) is 11.6 Å². The summed E-state index contributed by atoms with van der Waals surface area (Å²) in [6, 6.07) is 7.28. The molecule has 0 radical (unpaired) electrons. The van der Waals surface area contributed by atoms with Gasteiger partial charge in [0.15, 0.2) is 6.29 Å². The second kappa shape index (κ2) is 7.20. The number of phenolic OH excluding ortho intramolecular Hbond substituents is 1. The Morgan fingerprint density at radius 3 is 2.88 bits per heavy atom. The lowest BCUT2D eigenvalue weighted by Crippen LogP contribution is -2.39. The summed E-state index contributed by atoms with van der Waals surface area (Å²) in [6.07, 6.45) is 4.75. The molecule has 1 aromatic carbocycles. The van der Waals surface area contributed by atoms with Gasteiger partial charge in [0.1, 0.15) is 23.0 Å². The van der Waals surface area contributed by atoms with Crippen LogP contribution in [0.4, 0.5) is 0 Å². The fourth-order valence-electron chi connectivity index (χ4n) is 2.89. The molecule has 0 amide bonds. The molecule has 7 nitrogen and oxygen atoms in total. The Labute approximate surface area is 145 Å². The van der Waals surface area contributed by atoms with Crippen molar-refractivity contribution in [2.75, 3.05) is 13.2 Å². The summed E-state index contributed by atoms with van der Waals surface area (Å²) in [5, 5.41) is 9.69. The maximum Gasteiger partial charge on any atom is 0.244 e. The maximum atomic E-state index is 12.8. The Morgan fingerprint density at radius 1 is 1.32 bits per heavy atom. The highest BCUT2D eigenvalue weighted by molar-refractivity contribution is 7.89. The Bertz CT molecular complexity index is 855. The molecule has 1 fully saturated rings. The third-order valence-corrected chi connectivity index (χ3v) is 6.09. The summed E-state index contributed by atoms with van der Waals surface area (Å²) < 4.78 is 32.6. The number of carbonyl (C=O) groups is 1. The molecule has 2 aromatic rings. The van der Waals surface area contributed by atoms with Crippen molar-refractivity contribution in [3.8, 4) is 11.5 Å². The molecule has 3 rings (SSSR count). The van der Waals surface area contributed by atoms with Gasteiger partial charge in [-0.1, -0.05) is 6.07 Å². The largest absolute Gasteiger partial charge is 0.507 e. The monoisotopic (exact) mass is 362 g/mol. The summed E-state index contributed by atoms with van der Waals surface area (Å²) in [6.45, 7) is 0.510. The molecular weight excluding hydrogens is 344 g/mol. The number of aldehydes is 1. The number of ether oxygens (including phenoxy) is 1. The van der Waals surface area contributed by atoms with Gasteiger partial charge < -0.3 is 9.84 Å². The molecule has 0 saturated carbocycles. The molecule has 132 valence electrons. The highest BCUT2D eigenvalue weighted by Crippen LogP contribution is 2.29. The zero-order valence-electron chi connectivity index (χ0n) is 13.4. The number of benzene rings is 1. The molecule has 1 aromatic heterocycles. The van der Waals surface area contributed by atoms with E-state index in [-0.39, 0.29) is 34.6 Å². The third kappa shape index (κ3) is 3.49. The summed E-state index contributed by atoms with van der Waals surface area (Å²) in [4.78, 5) is 15.1. The third-order valence-electron chi connectivity index (χ3n) is 4.16. The first-order valence-corrected chi connectivity index (χ1v) is 9.30. The normalized spacial score (nSPS) is 18.2. The average molecular weight is 362 g/mol. The van der Waals surface area contributed by atoms with Gasteiger partial charge in [-0.3, -0.25) is 9.78 Å². The van der Waals surface area contributed by atoms with Gasteiger partial charge in [0.2, 0.25) is 10.0 Å². The molecule has 1 atom stereocenters. The van der Waals surface area contributed by atoms with Crippen LogP contribution in [0.25, 0.3) is 0 Å². The molecule has 1 unspecified atom stereocenters. The fourth-order valence-corrected chi connectivity index (χ4v) is 4.53. The number of aromatic nitrogens is 1. The van der Waals surface area contributed by atoms with Crippen molar-refractivity contribution in [1.82, 2.24) is 9.29 Å². The lowest BCUT2D eigenvalue weighted by atomic mass is 10.2. The highest BCUT2D eigenvalue weighted by Gasteiger charge is 2.36. The smallest absolute Gasteiger partial charge is 0.244 e. The molecule has 0 spiro atoms.